The van der Waals surface area contributed by atoms with E-state index in [1.165, 1.54) is 12.2 Å². The van der Waals surface area contributed by atoms with Crippen molar-refractivity contribution in [3.8, 4) is 11.5 Å². The van der Waals surface area contributed by atoms with E-state index < -0.39 is 12.2 Å². The standard InChI is InChI=1S/C20H28N2O4/c1-15(19(23)11-13-21(3)4)25-17-7-9-18(10-8-17)26-16(2)20(24)12-14-22(5)6/h7-16H,1-6H3/b13-11+,14-12+/t15-,16-/m0/s1. The lowest BCUT2D eigenvalue weighted by Crippen LogP contribution is -2.23. The molecule has 6 nitrogen and oxygen atoms in total. The maximum atomic E-state index is 11.9. The quantitative estimate of drug-likeness (QED) is 0.598. The van der Waals surface area contributed by atoms with Crippen LogP contribution < -0.4 is 9.47 Å². The van der Waals surface area contributed by atoms with Crippen molar-refractivity contribution >= 4 is 11.6 Å². The number of ether oxygens (including phenoxy) is 2. The van der Waals surface area contributed by atoms with Crippen LogP contribution >= 0.6 is 0 Å². The smallest absolute Gasteiger partial charge is 0.197 e. The van der Waals surface area contributed by atoms with Crippen LogP contribution in [0.2, 0.25) is 0 Å². The summed E-state index contributed by atoms with van der Waals surface area (Å²) in [5, 5.41) is 0. The van der Waals surface area contributed by atoms with E-state index in [2.05, 4.69) is 0 Å². The molecule has 0 aliphatic heterocycles. The van der Waals surface area contributed by atoms with Crippen LogP contribution in [0.5, 0.6) is 11.5 Å². The number of carbonyl (C=O) groups is 2. The van der Waals surface area contributed by atoms with Crippen LogP contribution in [0.4, 0.5) is 0 Å². The van der Waals surface area contributed by atoms with Crippen LogP contribution in [-0.2, 0) is 9.59 Å². The summed E-state index contributed by atoms with van der Waals surface area (Å²) in [6.45, 7) is 3.40. The number of hydrogen-bond donors (Lipinski definition) is 0. The van der Waals surface area contributed by atoms with Gasteiger partial charge in [-0.25, -0.2) is 0 Å². The fraction of sp³-hybridized carbons (Fsp3) is 0.400. The van der Waals surface area contributed by atoms with E-state index in [0.717, 1.165) is 0 Å². The summed E-state index contributed by atoms with van der Waals surface area (Å²) in [4.78, 5) is 27.4. The van der Waals surface area contributed by atoms with Crippen molar-refractivity contribution < 1.29 is 19.1 Å². The predicted octanol–water partition coefficient (Wildman–Crippen LogP) is 2.51. The zero-order valence-electron chi connectivity index (χ0n) is 16.3. The number of carbonyl (C=O) groups excluding carboxylic acids is 2. The SMILES string of the molecule is C[C@H](Oc1ccc(O[C@@H](C)C(=O)/C=C/N(C)C)cc1)C(=O)/C=C/N(C)C. The van der Waals surface area contributed by atoms with E-state index in [4.69, 9.17) is 9.47 Å². The molecular weight excluding hydrogens is 332 g/mol. The van der Waals surface area contributed by atoms with Gasteiger partial charge in [-0.05, 0) is 38.1 Å². The second-order valence-corrected chi connectivity index (χ2v) is 6.36. The van der Waals surface area contributed by atoms with Gasteiger partial charge in [0.25, 0.3) is 0 Å². The molecule has 142 valence electrons. The molecule has 1 aromatic carbocycles. The molecule has 0 heterocycles. The number of hydrogen-bond acceptors (Lipinski definition) is 6. The highest BCUT2D eigenvalue weighted by atomic mass is 16.5. The van der Waals surface area contributed by atoms with Crippen molar-refractivity contribution in [1.82, 2.24) is 9.80 Å². The first-order valence-electron chi connectivity index (χ1n) is 8.39. The molecule has 0 aromatic heterocycles. The highest BCUT2D eigenvalue weighted by Gasteiger charge is 2.14. The fourth-order valence-corrected chi connectivity index (χ4v) is 1.84. The maximum Gasteiger partial charge on any atom is 0.197 e. The van der Waals surface area contributed by atoms with Crippen molar-refractivity contribution in [3.63, 3.8) is 0 Å². The summed E-state index contributed by atoms with van der Waals surface area (Å²) in [6, 6.07) is 6.84. The minimum absolute atomic E-state index is 0.120. The third-order valence-electron chi connectivity index (χ3n) is 3.32. The van der Waals surface area contributed by atoms with Gasteiger partial charge in [0, 0.05) is 52.7 Å². The first-order chi connectivity index (χ1) is 12.2. The zero-order valence-corrected chi connectivity index (χ0v) is 16.3. The Morgan fingerprint density at radius 2 is 1.08 bits per heavy atom. The third kappa shape index (κ3) is 7.88. The van der Waals surface area contributed by atoms with Gasteiger partial charge in [-0.2, -0.15) is 0 Å². The Balaban J connectivity index is 2.60. The Labute approximate surface area is 155 Å². The average Bonchev–Trinajstić information content (AvgIpc) is 2.58. The van der Waals surface area contributed by atoms with E-state index in [-0.39, 0.29) is 11.6 Å². The molecular formula is C20H28N2O4. The highest BCUT2D eigenvalue weighted by Crippen LogP contribution is 2.20. The lowest BCUT2D eigenvalue weighted by atomic mass is 10.2. The summed E-state index contributed by atoms with van der Waals surface area (Å²) in [6.07, 6.45) is 5.15. The first-order valence-corrected chi connectivity index (χ1v) is 8.39. The van der Waals surface area contributed by atoms with E-state index in [1.807, 2.05) is 28.2 Å². The van der Waals surface area contributed by atoms with Gasteiger partial charge < -0.3 is 19.3 Å². The Bertz CT molecular complexity index is 591. The largest absolute Gasteiger partial charge is 0.483 e. The molecule has 0 spiro atoms. The molecule has 0 fully saturated rings. The highest BCUT2D eigenvalue weighted by molar-refractivity contribution is 5.93. The van der Waals surface area contributed by atoms with Crippen LogP contribution in [0.25, 0.3) is 0 Å². The van der Waals surface area contributed by atoms with Crippen molar-refractivity contribution in [2.75, 3.05) is 28.2 Å². The van der Waals surface area contributed by atoms with Crippen LogP contribution in [0.1, 0.15) is 13.8 Å². The van der Waals surface area contributed by atoms with Crippen LogP contribution in [0.3, 0.4) is 0 Å². The van der Waals surface area contributed by atoms with Crippen LogP contribution in [0, 0.1) is 0 Å². The molecule has 0 N–H and O–H groups in total. The van der Waals surface area contributed by atoms with E-state index in [0.29, 0.717) is 11.5 Å². The van der Waals surface area contributed by atoms with Crippen molar-refractivity contribution in [2.45, 2.75) is 26.1 Å². The number of benzene rings is 1. The van der Waals surface area contributed by atoms with Gasteiger partial charge in [-0.3, -0.25) is 9.59 Å². The molecule has 1 aromatic rings. The molecule has 0 amide bonds. The lowest BCUT2D eigenvalue weighted by Gasteiger charge is -2.15. The summed E-state index contributed by atoms with van der Waals surface area (Å²) < 4.78 is 11.2. The normalized spacial score (nSPS) is 13.5. The second-order valence-electron chi connectivity index (χ2n) is 6.36. The minimum Gasteiger partial charge on any atom is -0.483 e. The molecule has 1 rings (SSSR count). The van der Waals surface area contributed by atoms with Gasteiger partial charge >= 0.3 is 0 Å². The van der Waals surface area contributed by atoms with E-state index in [1.54, 1.807) is 60.3 Å². The molecule has 2 atom stereocenters. The lowest BCUT2D eigenvalue weighted by molar-refractivity contribution is -0.121. The second kappa shape index (κ2) is 10.3. The van der Waals surface area contributed by atoms with Crippen molar-refractivity contribution in [3.05, 3.63) is 48.8 Å². The molecule has 0 radical (unpaired) electrons. The Hall–Kier alpha value is -2.76. The first kappa shape index (κ1) is 21.3. The summed E-state index contributed by atoms with van der Waals surface area (Å²) in [5.41, 5.74) is 0. The van der Waals surface area contributed by atoms with Gasteiger partial charge in [0.1, 0.15) is 11.5 Å². The van der Waals surface area contributed by atoms with E-state index in [9.17, 15) is 9.59 Å². The number of nitrogens with zero attached hydrogens (tertiary/aromatic N) is 2. The predicted molar refractivity (Wildman–Crippen MR) is 102 cm³/mol. The molecule has 0 saturated heterocycles. The Morgan fingerprint density at radius 1 is 0.769 bits per heavy atom. The number of ketones is 2. The Kier molecular flexibility index (Phi) is 8.42. The molecule has 0 saturated carbocycles. The third-order valence-corrected chi connectivity index (χ3v) is 3.32. The zero-order chi connectivity index (χ0) is 19.7. The summed E-state index contributed by atoms with van der Waals surface area (Å²) >= 11 is 0. The van der Waals surface area contributed by atoms with Gasteiger partial charge in [0.05, 0.1) is 0 Å². The summed E-state index contributed by atoms with van der Waals surface area (Å²) in [7, 11) is 7.37. The molecule has 6 heteroatoms. The molecule has 0 bridgehead atoms. The van der Waals surface area contributed by atoms with Crippen molar-refractivity contribution in [2.24, 2.45) is 0 Å². The Morgan fingerprint density at radius 3 is 1.35 bits per heavy atom. The summed E-state index contributed by atoms with van der Waals surface area (Å²) in [5.74, 6) is 0.878. The van der Waals surface area contributed by atoms with Gasteiger partial charge in [-0.15, -0.1) is 0 Å². The van der Waals surface area contributed by atoms with Crippen LogP contribution in [-0.4, -0.2) is 61.8 Å². The monoisotopic (exact) mass is 360 g/mol. The maximum absolute atomic E-state index is 11.9. The van der Waals surface area contributed by atoms with Gasteiger partial charge in [-0.1, -0.05) is 0 Å². The van der Waals surface area contributed by atoms with E-state index >= 15 is 0 Å². The molecule has 0 unspecified atom stereocenters. The molecule has 26 heavy (non-hydrogen) atoms. The molecule has 0 aliphatic carbocycles. The number of rotatable bonds is 10. The van der Waals surface area contributed by atoms with Crippen LogP contribution in [0.15, 0.2) is 48.8 Å². The fourth-order valence-electron chi connectivity index (χ4n) is 1.84. The van der Waals surface area contributed by atoms with Gasteiger partial charge in [0.15, 0.2) is 23.8 Å². The molecule has 0 aliphatic rings. The average molecular weight is 360 g/mol. The minimum atomic E-state index is -0.588. The topological polar surface area (TPSA) is 59.1 Å². The van der Waals surface area contributed by atoms with Gasteiger partial charge in [0.2, 0.25) is 0 Å². The van der Waals surface area contributed by atoms with Crippen molar-refractivity contribution in [1.29, 1.82) is 0 Å².